The van der Waals surface area contributed by atoms with Crippen molar-refractivity contribution in [3.63, 3.8) is 0 Å². The quantitative estimate of drug-likeness (QED) is 0.368. The van der Waals surface area contributed by atoms with Gasteiger partial charge in [0.05, 0.1) is 16.6 Å². The van der Waals surface area contributed by atoms with Crippen LogP contribution in [0.3, 0.4) is 0 Å². The number of anilines is 2. The van der Waals surface area contributed by atoms with Crippen LogP contribution < -0.4 is 11.1 Å². The zero-order chi connectivity index (χ0) is 26.0. The van der Waals surface area contributed by atoms with Gasteiger partial charge in [-0.05, 0) is 37.5 Å². The van der Waals surface area contributed by atoms with Crippen LogP contribution in [0, 0.1) is 5.82 Å². The van der Waals surface area contributed by atoms with Crippen molar-refractivity contribution in [2.75, 3.05) is 31.7 Å². The van der Waals surface area contributed by atoms with Gasteiger partial charge in [0.1, 0.15) is 11.6 Å². The lowest BCUT2D eigenvalue weighted by molar-refractivity contribution is -0.141. The maximum atomic E-state index is 15.6. The lowest BCUT2D eigenvalue weighted by atomic mass is 9.80. The Labute approximate surface area is 209 Å². The maximum Gasteiger partial charge on any atom is 0.435 e. The Morgan fingerprint density at radius 3 is 2.69 bits per heavy atom. The van der Waals surface area contributed by atoms with Crippen molar-refractivity contribution in [1.82, 2.24) is 19.7 Å². The monoisotopic (exact) mass is 522 g/mol. The normalized spacial score (nSPS) is 21.0. The van der Waals surface area contributed by atoms with Gasteiger partial charge < -0.3 is 16.0 Å². The Hall–Kier alpha value is -3.34. The molecule has 0 bridgehead atoms. The van der Waals surface area contributed by atoms with Gasteiger partial charge in [0.15, 0.2) is 5.69 Å². The summed E-state index contributed by atoms with van der Waals surface area (Å²) < 4.78 is 56.1. The highest BCUT2D eigenvalue weighted by atomic mass is 35.5. The van der Waals surface area contributed by atoms with Crippen LogP contribution in [0.4, 0.5) is 29.1 Å². The Balaban J connectivity index is 1.54. The fourth-order valence-corrected chi connectivity index (χ4v) is 5.72. The zero-order valence-electron chi connectivity index (χ0n) is 19.5. The van der Waals surface area contributed by atoms with Crippen molar-refractivity contribution in [2.24, 2.45) is 0 Å². The molecule has 3 N–H and O–H groups in total. The van der Waals surface area contributed by atoms with E-state index < -0.39 is 29.0 Å². The molecule has 5 rings (SSSR count). The predicted molar refractivity (Wildman–Crippen MR) is 127 cm³/mol. The molecule has 12 heteroatoms. The molecule has 3 heterocycles. The number of nitrogen functional groups attached to an aromatic ring is 1. The summed E-state index contributed by atoms with van der Waals surface area (Å²) in [7, 11) is 3.00. The van der Waals surface area contributed by atoms with E-state index in [4.69, 9.17) is 17.3 Å². The van der Waals surface area contributed by atoms with E-state index in [-0.39, 0.29) is 27.9 Å². The molecule has 1 saturated carbocycles. The Morgan fingerprint density at radius 1 is 1.28 bits per heavy atom. The number of carbonyl (C=O) groups is 1. The molecule has 1 aliphatic carbocycles. The predicted octanol–water partition coefficient (Wildman–Crippen LogP) is 5.13. The number of pyridine rings is 1. The van der Waals surface area contributed by atoms with E-state index in [0.717, 1.165) is 6.07 Å². The van der Waals surface area contributed by atoms with Crippen LogP contribution in [0.25, 0.3) is 11.1 Å². The molecule has 0 radical (unpaired) electrons. The minimum absolute atomic E-state index is 0.00871. The lowest BCUT2D eigenvalue weighted by Gasteiger charge is -2.25. The van der Waals surface area contributed by atoms with Crippen molar-refractivity contribution in [1.29, 1.82) is 0 Å². The molecule has 0 saturated heterocycles. The van der Waals surface area contributed by atoms with Gasteiger partial charge in [-0.25, -0.2) is 9.37 Å². The van der Waals surface area contributed by atoms with Gasteiger partial charge in [0.2, 0.25) is 0 Å². The van der Waals surface area contributed by atoms with Crippen molar-refractivity contribution in [2.45, 2.75) is 36.9 Å². The fourth-order valence-electron chi connectivity index (χ4n) is 5.28. The van der Waals surface area contributed by atoms with Gasteiger partial charge in [-0.1, -0.05) is 11.6 Å². The first-order valence-electron chi connectivity index (χ1n) is 11.3. The average molecular weight is 523 g/mol. The Kier molecular flexibility index (Phi) is 5.66. The number of hydrogen-bond donors (Lipinski definition) is 2. The molecule has 190 valence electrons. The smallest absolute Gasteiger partial charge is 0.398 e. The molecule has 1 spiro atoms. The molecule has 36 heavy (non-hydrogen) atoms. The lowest BCUT2D eigenvalue weighted by Crippen LogP contribution is -2.26. The Morgan fingerprint density at radius 2 is 2.03 bits per heavy atom. The van der Waals surface area contributed by atoms with Crippen molar-refractivity contribution < 1.29 is 22.4 Å². The first kappa shape index (κ1) is 24.4. The third kappa shape index (κ3) is 3.76. The van der Waals surface area contributed by atoms with Crippen LogP contribution in [0.5, 0.6) is 0 Å². The summed E-state index contributed by atoms with van der Waals surface area (Å²) in [6.45, 7) is 0.497. The summed E-state index contributed by atoms with van der Waals surface area (Å²) in [6, 6.07) is 3.62. The third-order valence-corrected chi connectivity index (χ3v) is 7.47. The van der Waals surface area contributed by atoms with Gasteiger partial charge in [0, 0.05) is 60.8 Å². The van der Waals surface area contributed by atoms with Gasteiger partial charge in [-0.15, -0.1) is 0 Å². The number of benzene rings is 1. The maximum absolute atomic E-state index is 15.6. The van der Waals surface area contributed by atoms with Gasteiger partial charge in [-0.2, -0.15) is 18.3 Å². The number of halogens is 5. The summed E-state index contributed by atoms with van der Waals surface area (Å²) in [6.07, 6.45) is 0.00360. The van der Waals surface area contributed by atoms with Crippen molar-refractivity contribution in [3.8, 4) is 11.1 Å². The van der Waals surface area contributed by atoms with Gasteiger partial charge in [-0.3, -0.25) is 9.48 Å². The number of nitrogens with zero attached hydrogens (tertiary/aromatic N) is 4. The number of rotatable bonds is 3. The summed E-state index contributed by atoms with van der Waals surface area (Å²) in [5.74, 6) is -0.814. The first-order valence-corrected chi connectivity index (χ1v) is 11.7. The third-order valence-electron chi connectivity index (χ3n) is 7.08. The standard InChI is InChI=1S/C24H23ClF4N6O/c1-34(2)22(36)17-15(30)4-3-13(20(17)26)14-10-31-21-18(19(14)25)23(11-32-21)7-5-12(9-23)35-8-6-16(33-35)24(27,28)29/h3-4,6,8,10,12H,5,7,9,11,30H2,1-2H3,(H,31,32)/t12-,23-/m0/s1. The molecule has 2 atom stereocenters. The summed E-state index contributed by atoms with van der Waals surface area (Å²) in [5, 5.41) is 7.28. The molecule has 2 aliphatic rings. The molecular formula is C24H23ClF4N6O. The Bertz CT molecular complexity index is 1370. The largest absolute Gasteiger partial charge is 0.435 e. The van der Waals surface area contributed by atoms with E-state index in [2.05, 4.69) is 15.4 Å². The summed E-state index contributed by atoms with van der Waals surface area (Å²) in [4.78, 5) is 18.2. The second kappa shape index (κ2) is 8.36. The number of nitrogens with one attached hydrogen (secondary N) is 1. The molecule has 2 aromatic heterocycles. The van der Waals surface area contributed by atoms with Crippen LogP contribution >= 0.6 is 11.6 Å². The number of amides is 1. The minimum atomic E-state index is -4.51. The number of hydrogen-bond acceptors (Lipinski definition) is 5. The zero-order valence-corrected chi connectivity index (χ0v) is 20.2. The molecule has 1 aliphatic heterocycles. The number of carbonyl (C=O) groups excluding carboxylic acids is 1. The first-order chi connectivity index (χ1) is 16.9. The molecule has 7 nitrogen and oxygen atoms in total. The SMILES string of the molecule is CN(C)C(=O)c1c(N)ccc(-c2cnc3c(c2Cl)[C@]2(CC[C@H](n4ccc(C(F)(F)F)n4)C2)CN3)c1F. The minimum Gasteiger partial charge on any atom is -0.398 e. The number of aromatic nitrogens is 3. The molecule has 3 aromatic rings. The second-order valence-corrected chi connectivity index (χ2v) is 9.89. The average Bonchev–Trinajstić information content (AvgIpc) is 3.54. The van der Waals surface area contributed by atoms with Crippen LogP contribution in [-0.2, 0) is 11.6 Å². The van der Waals surface area contributed by atoms with Crippen LogP contribution in [0.15, 0.2) is 30.6 Å². The van der Waals surface area contributed by atoms with Gasteiger partial charge >= 0.3 is 6.18 Å². The molecule has 1 fully saturated rings. The van der Waals surface area contributed by atoms with Crippen LogP contribution in [0.1, 0.15) is 46.9 Å². The topological polar surface area (TPSA) is 89.1 Å². The van der Waals surface area contributed by atoms with E-state index in [1.165, 1.54) is 48.2 Å². The molecule has 1 aromatic carbocycles. The van der Waals surface area contributed by atoms with Crippen LogP contribution in [-0.4, -0.2) is 46.2 Å². The van der Waals surface area contributed by atoms with Crippen LogP contribution in [0.2, 0.25) is 5.02 Å². The number of nitrogens with two attached hydrogens (primary N) is 1. The molecule has 0 unspecified atom stereocenters. The highest BCUT2D eigenvalue weighted by Crippen LogP contribution is 2.54. The summed E-state index contributed by atoms with van der Waals surface area (Å²) >= 11 is 6.88. The number of fused-ring (bicyclic) bond motifs is 2. The van der Waals surface area contributed by atoms with E-state index in [9.17, 15) is 18.0 Å². The fraction of sp³-hybridized carbons (Fsp3) is 0.375. The van der Waals surface area contributed by atoms with Crippen molar-refractivity contribution >= 4 is 29.0 Å². The number of alkyl halides is 3. The second-order valence-electron chi connectivity index (χ2n) is 9.51. The highest BCUT2D eigenvalue weighted by molar-refractivity contribution is 6.34. The van der Waals surface area contributed by atoms with E-state index in [1.807, 2.05) is 0 Å². The van der Waals surface area contributed by atoms with E-state index in [1.54, 1.807) is 0 Å². The molecule has 1 amide bonds. The molecular weight excluding hydrogens is 500 g/mol. The van der Waals surface area contributed by atoms with E-state index in [0.29, 0.717) is 42.8 Å². The summed E-state index contributed by atoms with van der Waals surface area (Å²) in [5.41, 5.74) is 5.33. The van der Waals surface area contributed by atoms with E-state index >= 15 is 4.39 Å². The van der Waals surface area contributed by atoms with Gasteiger partial charge in [0.25, 0.3) is 5.91 Å². The highest BCUT2D eigenvalue weighted by Gasteiger charge is 2.48. The van der Waals surface area contributed by atoms with Crippen molar-refractivity contribution in [3.05, 3.63) is 58.3 Å².